The summed E-state index contributed by atoms with van der Waals surface area (Å²) < 4.78 is 10.5. The molecule has 0 spiro atoms. The number of carbonyl (C=O) groups is 1. The molecule has 17 heavy (non-hydrogen) atoms. The first-order valence-corrected chi connectivity index (χ1v) is 6.14. The van der Waals surface area contributed by atoms with Crippen LogP contribution < -0.4 is 4.74 Å². The molecule has 0 amide bonds. The number of ether oxygens (including phenoxy) is 2. The molecule has 0 aliphatic heterocycles. The summed E-state index contributed by atoms with van der Waals surface area (Å²) >= 11 is 0. The van der Waals surface area contributed by atoms with Gasteiger partial charge in [0.15, 0.2) is 0 Å². The van der Waals surface area contributed by atoms with Gasteiger partial charge in [0.1, 0.15) is 5.75 Å². The summed E-state index contributed by atoms with van der Waals surface area (Å²) in [5.41, 5.74) is 1.06. The Hall–Kier alpha value is -1.51. The van der Waals surface area contributed by atoms with E-state index >= 15 is 0 Å². The van der Waals surface area contributed by atoms with Gasteiger partial charge >= 0.3 is 5.97 Å². The van der Waals surface area contributed by atoms with Gasteiger partial charge in [-0.1, -0.05) is 25.1 Å². The number of carbonyl (C=O) groups excluding carboxylic acids is 1. The first-order valence-electron chi connectivity index (χ1n) is 6.14. The summed E-state index contributed by atoms with van der Waals surface area (Å²) in [5, 5.41) is 0. The van der Waals surface area contributed by atoms with E-state index in [9.17, 15) is 4.79 Å². The predicted octanol–water partition coefficient (Wildman–Crippen LogP) is 2.97. The maximum Gasteiger partial charge on any atom is 0.306 e. The fourth-order valence-electron chi connectivity index (χ4n) is 1.53. The predicted molar refractivity (Wildman–Crippen MR) is 67.2 cm³/mol. The van der Waals surface area contributed by atoms with E-state index in [4.69, 9.17) is 9.47 Å². The molecule has 0 saturated heterocycles. The number of esters is 1. The number of para-hydroxylation sites is 1. The number of rotatable bonds is 7. The second-order valence-electron chi connectivity index (χ2n) is 3.76. The van der Waals surface area contributed by atoms with Gasteiger partial charge in [-0.15, -0.1) is 0 Å². The van der Waals surface area contributed by atoms with Crippen LogP contribution in [0.4, 0.5) is 0 Å². The van der Waals surface area contributed by atoms with E-state index in [1.807, 2.05) is 31.2 Å². The van der Waals surface area contributed by atoms with Crippen molar-refractivity contribution in [2.75, 3.05) is 13.2 Å². The van der Waals surface area contributed by atoms with Crippen molar-refractivity contribution in [1.82, 2.24) is 0 Å². The van der Waals surface area contributed by atoms with E-state index in [0.717, 1.165) is 17.7 Å². The SMILES string of the molecule is CCCOc1ccccc1CCC(=O)OCC. The molecular formula is C14H20O3. The Kier molecular flexibility index (Phi) is 6.15. The van der Waals surface area contributed by atoms with Gasteiger partial charge in [-0.05, 0) is 31.4 Å². The second kappa shape index (κ2) is 7.71. The Bertz CT molecular complexity index is 347. The summed E-state index contributed by atoms with van der Waals surface area (Å²) in [6, 6.07) is 7.83. The maximum atomic E-state index is 11.3. The number of benzene rings is 1. The fraction of sp³-hybridized carbons (Fsp3) is 0.500. The maximum absolute atomic E-state index is 11.3. The van der Waals surface area contributed by atoms with Crippen molar-refractivity contribution in [1.29, 1.82) is 0 Å². The Morgan fingerprint density at radius 1 is 1.24 bits per heavy atom. The summed E-state index contributed by atoms with van der Waals surface area (Å²) in [6.45, 7) is 5.03. The zero-order chi connectivity index (χ0) is 12.5. The van der Waals surface area contributed by atoms with Crippen LogP contribution in [-0.2, 0) is 16.0 Å². The van der Waals surface area contributed by atoms with Crippen LogP contribution in [-0.4, -0.2) is 19.2 Å². The average molecular weight is 236 g/mol. The quantitative estimate of drug-likeness (QED) is 0.683. The van der Waals surface area contributed by atoms with Crippen molar-refractivity contribution < 1.29 is 14.3 Å². The molecule has 3 nitrogen and oxygen atoms in total. The highest BCUT2D eigenvalue weighted by molar-refractivity contribution is 5.69. The molecule has 0 atom stereocenters. The van der Waals surface area contributed by atoms with Crippen molar-refractivity contribution in [2.24, 2.45) is 0 Å². The minimum absolute atomic E-state index is 0.155. The molecule has 0 aromatic heterocycles. The topological polar surface area (TPSA) is 35.5 Å². The smallest absolute Gasteiger partial charge is 0.306 e. The van der Waals surface area contributed by atoms with Gasteiger partial charge < -0.3 is 9.47 Å². The van der Waals surface area contributed by atoms with E-state index in [1.54, 1.807) is 0 Å². The lowest BCUT2D eigenvalue weighted by Gasteiger charge is -2.10. The van der Waals surface area contributed by atoms with E-state index in [2.05, 4.69) is 6.92 Å². The van der Waals surface area contributed by atoms with Crippen LogP contribution in [0.5, 0.6) is 5.75 Å². The minimum atomic E-state index is -0.155. The van der Waals surface area contributed by atoms with Gasteiger partial charge in [-0.2, -0.15) is 0 Å². The van der Waals surface area contributed by atoms with Crippen LogP contribution in [0.25, 0.3) is 0 Å². The summed E-state index contributed by atoms with van der Waals surface area (Å²) in [6.07, 6.45) is 2.05. The monoisotopic (exact) mass is 236 g/mol. The van der Waals surface area contributed by atoms with Crippen molar-refractivity contribution >= 4 is 5.97 Å². The second-order valence-corrected chi connectivity index (χ2v) is 3.76. The molecule has 0 fully saturated rings. The van der Waals surface area contributed by atoms with Crippen molar-refractivity contribution in [2.45, 2.75) is 33.1 Å². The van der Waals surface area contributed by atoms with Crippen LogP contribution in [0.3, 0.4) is 0 Å². The molecule has 0 radical (unpaired) electrons. The van der Waals surface area contributed by atoms with Gasteiger partial charge in [0.25, 0.3) is 0 Å². The molecule has 0 aliphatic carbocycles. The Morgan fingerprint density at radius 3 is 2.71 bits per heavy atom. The fourth-order valence-corrected chi connectivity index (χ4v) is 1.53. The zero-order valence-corrected chi connectivity index (χ0v) is 10.6. The highest BCUT2D eigenvalue weighted by Gasteiger charge is 2.06. The standard InChI is InChI=1S/C14H20O3/c1-3-11-17-13-8-6-5-7-12(13)9-10-14(15)16-4-2/h5-8H,3-4,9-11H2,1-2H3. The summed E-state index contributed by atoms with van der Waals surface area (Å²) in [7, 11) is 0. The lowest BCUT2D eigenvalue weighted by Crippen LogP contribution is -2.06. The first kappa shape index (κ1) is 13.6. The van der Waals surface area contributed by atoms with Crippen molar-refractivity contribution in [3.8, 4) is 5.75 Å². The molecule has 0 bridgehead atoms. The highest BCUT2D eigenvalue weighted by atomic mass is 16.5. The number of aryl methyl sites for hydroxylation is 1. The summed E-state index contributed by atoms with van der Waals surface area (Å²) in [5.74, 6) is 0.719. The Labute approximate surface area is 103 Å². The lowest BCUT2D eigenvalue weighted by molar-refractivity contribution is -0.143. The molecule has 3 heteroatoms. The van der Waals surface area contributed by atoms with E-state index < -0.39 is 0 Å². The zero-order valence-electron chi connectivity index (χ0n) is 10.6. The highest BCUT2D eigenvalue weighted by Crippen LogP contribution is 2.19. The van der Waals surface area contributed by atoms with Crippen molar-refractivity contribution in [3.05, 3.63) is 29.8 Å². The molecular weight excluding hydrogens is 216 g/mol. The van der Waals surface area contributed by atoms with E-state index in [-0.39, 0.29) is 5.97 Å². The third-order valence-corrected chi connectivity index (χ3v) is 2.34. The third-order valence-electron chi connectivity index (χ3n) is 2.34. The average Bonchev–Trinajstić information content (AvgIpc) is 2.35. The van der Waals surface area contributed by atoms with Gasteiger partial charge in [-0.25, -0.2) is 0 Å². The van der Waals surface area contributed by atoms with Crippen LogP contribution in [0, 0.1) is 0 Å². The molecule has 0 saturated carbocycles. The molecule has 0 aliphatic rings. The molecule has 0 N–H and O–H groups in total. The largest absolute Gasteiger partial charge is 0.493 e. The van der Waals surface area contributed by atoms with E-state index in [1.165, 1.54) is 0 Å². The van der Waals surface area contributed by atoms with E-state index in [0.29, 0.717) is 26.1 Å². The van der Waals surface area contributed by atoms with Crippen LogP contribution in [0.15, 0.2) is 24.3 Å². The molecule has 1 aromatic rings. The Morgan fingerprint density at radius 2 is 2.00 bits per heavy atom. The normalized spacial score (nSPS) is 10.0. The van der Waals surface area contributed by atoms with Gasteiger partial charge in [-0.3, -0.25) is 4.79 Å². The lowest BCUT2D eigenvalue weighted by atomic mass is 10.1. The van der Waals surface area contributed by atoms with Gasteiger partial charge in [0.05, 0.1) is 13.2 Å². The van der Waals surface area contributed by atoms with Crippen LogP contribution in [0.2, 0.25) is 0 Å². The molecule has 1 rings (SSSR count). The van der Waals surface area contributed by atoms with Gasteiger partial charge in [0.2, 0.25) is 0 Å². The Balaban J connectivity index is 2.54. The first-order chi connectivity index (χ1) is 8.27. The molecule has 1 aromatic carbocycles. The van der Waals surface area contributed by atoms with Crippen LogP contribution >= 0.6 is 0 Å². The summed E-state index contributed by atoms with van der Waals surface area (Å²) in [4.78, 5) is 11.3. The molecule has 0 unspecified atom stereocenters. The van der Waals surface area contributed by atoms with Gasteiger partial charge in [0, 0.05) is 6.42 Å². The van der Waals surface area contributed by atoms with Crippen molar-refractivity contribution in [3.63, 3.8) is 0 Å². The number of hydrogen-bond donors (Lipinski definition) is 0. The molecule has 94 valence electrons. The molecule has 0 heterocycles. The third kappa shape index (κ3) is 4.89. The minimum Gasteiger partial charge on any atom is -0.493 e. The number of hydrogen-bond acceptors (Lipinski definition) is 3. The van der Waals surface area contributed by atoms with Crippen LogP contribution in [0.1, 0.15) is 32.3 Å².